The molecule has 162 valence electrons. The number of anilines is 1. The van der Waals surface area contributed by atoms with E-state index in [1.165, 1.54) is 20.2 Å². The molecule has 1 heterocycles. The number of nitrogens with one attached hydrogen (secondary N) is 1. The number of methoxy groups -OCH3 is 1. The maximum atomic E-state index is 12.8. The van der Waals surface area contributed by atoms with Gasteiger partial charge in [0.15, 0.2) is 5.69 Å². The van der Waals surface area contributed by atoms with Crippen LogP contribution in [0.3, 0.4) is 0 Å². The third-order valence-corrected chi connectivity index (χ3v) is 4.77. The van der Waals surface area contributed by atoms with Crippen LogP contribution < -0.4 is 20.6 Å². The molecule has 1 N–H and O–H groups in total. The van der Waals surface area contributed by atoms with Crippen molar-refractivity contribution in [2.75, 3.05) is 26.1 Å². The molecule has 0 saturated carbocycles. The summed E-state index contributed by atoms with van der Waals surface area (Å²) in [6.07, 6.45) is 1.49. The summed E-state index contributed by atoms with van der Waals surface area (Å²) in [5.74, 6) is -0.274. The summed E-state index contributed by atoms with van der Waals surface area (Å²) in [4.78, 5) is 27.5. The number of aromatic nitrogens is 2. The normalized spacial score (nSPS) is 10.6. The number of carbonyl (C=O) groups excluding carboxylic acids is 1. The van der Waals surface area contributed by atoms with E-state index in [-0.39, 0.29) is 16.8 Å². The molecule has 0 atom stereocenters. The van der Waals surface area contributed by atoms with Crippen LogP contribution in [0.25, 0.3) is 5.69 Å². The second kappa shape index (κ2) is 9.57. The van der Waals surface area contributed by atoms with Crippen molar-refractivity contribution in [2.45, 2.75) is 6.92 Å². The molecular weight excluding hydrogens is 408 g/mol. The lowest BCUT2D eigenvalue weighted by molar-refractivity contribution is 0.0947. The summed E-state index contributed by atoms with van der Waals surface area (Å²) >= 11 is 0. The predicted octanol–water partition coefficient (Wildman–Crippen LogP) is 2.25. The van der Waals surface area contributed by atoms with Crippen molar-refractivity contribution in [2.24, 2.45) is 5.10 Å². The Kier molecular flexibility index (Phi) is 6.65. The first kappa shape index (κ1) is 22.2. The molecule has 0 bridgehead atoms. The van der Waals surface area contributed by atoms with Gasteiger partial charge in [-0.2, -0.15) is 20.1 Å². The van der Waals surface area contributed by atoms with Gasteiger partial charge in [0.1, 0.15) is 23.1 Å². The lowest BCUT2D eigenvalue weighted by Crippen LogP contribution is -2.31. The second-order valence-corrected chi connectivity index (χ2v) is 7.03. The molecule has 3 rings (SSSR count). The molecule has 9 nitrogen and oxygen atoms in total. The number of ether oxygens (including phenoxy) is 1. The molecular formula is C23H22N6O3. The summed E-state index contributed by atoms with van der Waals surface area (Å²) in [7, 11) is 5.34. The first-order valence-electron chi connectivity index (χ1n) is 9.65. The van der Waals surface area contributed by atoms with Crippen LogP contribution >= 0.6 is 0 Å². The Hall–Kier alpha value is -4.45. The number of hydrogen-bond donors (Lipinski definition) is 1. The molecule has 9 heteroatoms. The third kappa shape index (κ3) is 4.49. The molecule has 2 aromatic carbocycles. The quantitative estimate of drug-likeness (QED) is 0.474. The average molecular weight is 430 g/mol. The number of benzene rings is 2. The van der Waals surface area contributed by atoms with E-state index in [2.05, 4.69) is 15.6 Å². The molecule has 1 amide bonds. The number of hydrazone groups is 1. The van der Waals surface area contributed by atoms with Gasteiger partial charge >= 0.3 is 0 Å². The van der Waals surface area contributed by atoms with Crippen LogP contribution in [0.2, 0.25) is 0 Å². The molecule has 0 unspecified atom stereocenters. The highest BCUT2D eigenvalue weighted by Crippen LogP contribution is 2.21. The number of carbonyl (C=O) groups is 1. The van der Waals surface area contributed by atoms with Crippen LogP contribution in [0.1, 0.15) is 27.2 Å². The Morgan fingerprint density at radius 1 is 1.22 bits per heavy atom. The van der Waals surface area contributed by atoms with Crippen molar-refractivity contribution in [3.63, 3.8) is 0 Å². The topological polar surface area (TPSA) is 113 Å². The van der Waals surface area contributed by atoms with Crippen molar-refractivity contribution in [3.8, 4) is 17.5 Å². The van der Waals surface area contributed by atoms with Gasteiger partial charge in [-0.25, -0.2) is 5.43 Å². The van der Waals surface area contributed by atoms with E-state index in [4.69, 9.17) is 4.74 Å². The minimum absolute atomic E-state index is 0.0906. The van der Waals surface area contributed by atoms with E-state index < -0.39 is 11.5 Å². The van der Waals surface area contributed by atoms with Gasteiger partial charge in [-0.15, -0.1) is 0 Å². The van der Waals surface area contributed by atoms with Gasteiger partial charge in [0, 0.05) is 25.3 Å². The number of nitrogens with zero attached hydrogens (tertiary/aromatic N) is 5. The van der Waals surface area contributed by atoms with Gasteiger partial charge < -0.3 is 9.64 Å². The minimum Gasteiger partial charge on any atom is -0.494 e. The van der Waals surface area contributed by atoms with E-state index >= 15 is 0 Å². The minimum atomic E-state index is -0.649. The van der Waals surface area contributed by atoms with E-state index in [9.17, 15) is 14.9 Å². The SMILES string of the molecule is COc1ccccc1-n1nc(C(=O)N/N=C/c2ccc(N(C)C)cc2)c(C)c(C#N)c1=O. The number of rotatable bonds is 6. The van der Waals surface area contributed by atoms with Crippen LogP contribution in [-0.4, -0.2) is 43.1 Å². The van der Waals surface area contributed by atoms with Gasteiger partial charge in [0.05, 0.1) is 13.3 Å². The lowest BCUT2D eigenvalue weighted by atomic mass is 10.1. The molecule has 1 aromatic heterocycles. The average Bonchev–Trinajstić information content (AvgIpc) is 2.80. The molecule has 0 spiro atoms. The molecule has 0 aliphatic rings. The summed E-state index contributed by atoms with van der Waals surface area (Å²) in [6.45, 7) is 1.50. The largest absolute Gasteiger partial charge is 0.494 e. The standard InChI is InChI=1S/C23H22N6O3/c1-15-18(13-24)23(31)29(19-7-5-6-8-20(19)32-4)27-21(15)22(30)26-25-14-16-9-11-17(12-10-16)28(2)3/h5-12,14H,1-4H3,(H,26,30)/b25-14+. The zero-order valence-corrected chi connectivity index (χ0v) is 18.2. The third-order valence-electron chi connectivity index (χ3n) is 4.77. The number of hydrogen-bond acceptors (Lipinski definition) is 7. The fraction of sp³-hybridized carbons (Fsp3) is 0.174. The summed E-state index contributed by atoms with van der Waals surface area (Å²) < 4.78 is 6.28. The first-order chi connectivity index (χ1) is 15.4. The molecule has 3 aromatic rings. The van der Waals surface area contributed by atoms with Gasteiger partial charge in [0.2, 0.25) is 0 Å². The van der Waals surface area contributed by atoms with Crippen LogP contribution in [0.15, 0.2) is 58.4 Å². The Bertz CT molecular complexity index is 1270. The number of amides is 1. The second-order valence-electron chi connectivity index (χ2n) is 7.03. The van der Waals surface area contributed by atoms with Crippen LogP contribution in [0.4, 0.5) is 5.69 Å². The van der Waals surface area contributed by atoms with Crippen molar-refractivity contribution < 1.29 is 9.53 Å². The Morgan fingerprint density at radius 2 is 1.91 bits per heavy atom. The van der Waals surface area contributed by atoms with Crippen LogP contribution in [-0.2, 0) is 0 Å². The van der Waals surface area contributed by atoms with E-state index in [0.29, 0.717) is 11.4 Å². The van der Waals surface area contributed by atoms with Crippen molar-refractivity contribution in [1.82, 2.24) is 15.2 Å². The van der Waals surface area contributed by atoms with Crippen molar-refractivity contribution in [3.05, 3.63) is 81.3 Å². The molecule has 0 aliphatic heterocycles. The van der Waals surface area contributed by atoms with E-state index in [1.807, 2.05) is 49.3 Å². The zero-order valence-electron chi connectivity index (χ0n) is 18.2. The smallest absolute Gasteiger partial charge is 0.292 e. The maximum absolute atomic E-state index is 12.8. The summed E-state index contributed by atoms with van der Waals surface area (Å²) in [5.41, 5.74) is 3.80. The summed E-state index contributed by atoms with van der Waals surface area (Å²) in [5, 5.41) is 17.7. The van der Waals surface area contributed by atoms with Crippen LogP contribution in [0, 0.1) is 18.3 Å². The van der Waals surface area contributed by atoms with Gasteiger partial charge in [0.25, 0.3) is 11.5 Å². The molecule has 32 heavy (non-hydrogen) atoms. The number of para-hydroxylation sites is 2. The van der Waals surface area contributed by atoms with Crippen LogP contribution in [0.5, 0.6) is 5.75 Å². The van der Waals surface area contributed by atoms with Gasteiger partial charge in [-0.05, 0) is 36.8 Å². The molecule has 0 radical (unpaired) electrons. The fourth-order valence-corrected chi connectivity index (χ4v) is 3.00. The fourth-order valence-electron chi connectivity index (χ4n) is 3.00. The molecule has 0 aliphatic carbocycles. The predicted molar refractivity (Wildman–Crippen MR) is 122 cm³/mol. The zero-order chi connectivity index (χ0) is 23.3. The summed E-state index contributed by atoms with van der Waals surface area (Å²) in [6, 6.07) is 16.2. The van der Waals surface area contributed by atoms with Gasteiger partial charge in [-0.3, -0.25) is 9.59 Å². The Balaban J connectivity index is 1.94. The number of nitriles is 1. The molecule has 0 saturated heterocycles. The highest BCUT2D eigenvalue weighted by atomic mass is 16.5. The van der Waals surface area contributed by atoms with Crippen molar-refractivity contribution >= 4 is 17.8 Å². The lowest BCUT2D eigenvalue weighted by Gasteiger charge is -2.13. The maximum Gasteiger partial charge on any atom is 0.292 e. The highest BCUT2D eigenvalue weighted by Gasteiger charge is 2.21. The first-order valence-corrected chi connectivity index (χ1v) is 9.65. The van der Waals surface area contributed by atoms with E-state index in [0.717, 1.165) is 15.9 Å². The Morgan fingerprint density at radius 3 is 2.53 bits per heavy atom. The highest BCUT2D eigenvalue weighted by molar-refractivity contribution is 5.94. The Labute approximate surface area is 185 Å². The van der Waals surface area contributed by atoms with Crippen molar-refractivity contribution in [1.29, 1.82) is 5.26 Å². The van der Waals surface area contributed by atoms with E-state index in [1.54, 1.807) is 24.3 Å². The monoisotopic (exact) mass is 430 g/mol. The molecule has 0 fully saturated rings. The van der Waals surface area contributed by atoms with Gasteiger partial charge in [-0.1, -0.05) is 24.3 Å².